The fourth-order valence-electron chi connectivity index (χ4n) is 0.973. The Bertz CT molecular complexity index is 186. The van der Waals surface area contributed by atoms with E-state index in [1.807, 2.05) is 0 Å². The maximum atomic E-state index is 11.5. The van der Waals surface area contributed by atoms with Gasteiger partial charge in [0.15, 0.2) is 0 Å². The first kappa shape index (κ1) is 11.7. The van der Waals surface area contributed by atoms with Crippen molar-refractivity contribution in [3.05, 3.63) is 38.0 Å². The van der Waals surface area contributed by atoms with Crippen molar-refractivity contribution < 1.29 is 4.79 Å². The van der Waals surface area contributed by atoms with Crippen LogP contribution in [0, 0.1) is 0 Å². The van der Waals surface area contributed by atoms with Gasteiger partial charge in [-0.2, -0.15) is 0 Å². The third-order valence-electron chi connectivity index (χ3n) is 1.61. The van der Waals surface area contributed by atoms with Crippen LogP contribution < -0.4 is 0 Å². The van der Waals surface area contributed by atoms with Crippen LogP contribution in [0.2, 0.25) is 0 Å². The van der Waals surface area contributed by atoms with Crippen LogP contribution in [-0.2, 0) is 4.79 Å². The summed E-state index contributed by atoms with van der Waals surface area (Å²) in [7, 11) is 0. The molecular formula is C11H17NO. The third kappa shape index (κ3) is 5.01. The fraction of sp³-hybridized carbons (Fsp3) is 0.364. The maximum Gasteiger partial charge on any atom is 0.223 e. The molecule has 0 heterocycles. The molecule has 0 aromatic rings. The van der Waals surface area contributed by atoms with Crippen molar-refractivity contribution in [2.75, 3.05) is 13.1 Å². The molecule has 0 aromatic carbocycles. The summed E-state index contributed by atoms with van der Waals surface area (Å²) in [6.07, 6.45) is 6.43. The second-order valence-electron chi connectivity index (χ2n) is 2.70. The molecule has 2 nitrogen and oxygen atoms in total. The van der Waals surface area contributed by atoms with E-state index < -0.39 is 0 Å². The van der Waals surface area contributed by atoms with E-state index in [-0.39, 0.29) is 5.91 Å². The highest BCUT2D eigenvalue weighted by molar-refractivity contribution is 5.76. The SMILES string of the molecule is C=CCCC(=O)N(CC=C)CC=C. The molecule has 2 heteroatoms. The summed E-state index contributed by atoms with van der Waals surface area (Å²) < 4.78 is 0. The maximum absolute atomic E-state index is 11.5. The van der Waals surface area contributed by atoms with Crippen LogP contribution >= 0.6 is 0 Å². The highest BCUT2D eigenvalue weighted by Gasteiger charge is 2.08. The summed E-state index contributed by atoms with van der Waals surface area (Å²) >= 11 is 0. The second kappa shape index (κ2) is 7.35. The number of hydrogen-bond acceptors (Lipinski definition) is 1. The molecular weight excluding hydrogens is 162 g/mol. The average molecular weight is 179 g/mol. The largest absolute Gasteiger partial charge is 0.335 e. The molecule has 0 rings (SSSR count). The first-order valence-electron chi connectivity index (χ1n) is 4.36. The van der Waals surface area contributed by atoms with Crippen molar-refractivity contribution in [1.29, 1.82) is 0 Å². The summed E-state index contributed by atoms with van der Waals surface area (Å²) in [4.78, 5) is 13.2. The summed E-state index contributed by atoms with van der Waals surface area (Å²) in [5.41, 5.74) is 0. The zero-order valence-electron chi connectivity index (χ0n) is 8.04. The van der Waals surface area contributed by atoms with Gasteiger partial charge in [0.25, 0.3) is 0 Å². The minimum Gasteiger partial charge on any atom is -0.335 e. The molecule has 0 spiro atoms. The van der Waals surface area contributed by atoms with Crippen LogP contribution in [0.3, 0.4) is 0 Å². The number of amides is 1. The van der Waals surface area contributed by atoms with Gasteiger partial charge in [0.1, 0.15) is 0 Å². The Morgan fingerprint density at radius 3 is 2.00 bits per heavy atom. The number of nitrogens with zero attached hydrogens (tertiary/aromatic N) is 1. The lowest BCUT2D eigenvalue weighted by Gasteiger charge is -2.18. The molecule has 0 atom stereocenters. The van der Waals surface area contributed by atoms with Gasteiger partial charge in [-0.05, 0) is 6.42 Å². The molecule has 1 amide bonds. The first-order chi connectivity index (χ1) is 6.26. The van der Waals surface area contributed by atoms with Crippen molar-refractivity contribution in [3.8, 4) is 0 Å². The average Bonchev–Trinajstić information content (AvgIpc) is 2.14. The topological polar surface area (TPSA) is 20.3 Å². The Morgan fingerprint density at radius 2 is 1.62 bits per heavy atom. The summed E-state index contributed by atoms with van der Waals surface area (Å²) in [6, 6.07) is 0. The second-order valence-corrected chi connectivity index (χ2v) is 2.70. The van der Waals surface area contributed by atoms with E-state index in [2.05, 4.69) is 19.7 Å². The van der Waals surface area contributed by atoms with Crippen LogP contribution in [0.25, 0.3) is 0 Å². The number of allylic oxidation sites excluding steroid dienone is 1. The fourth-order valence-corrected chi connectivity index (χ4v) is 0.973. The Labute approximate surface area is 80.2 Å². The smallest absolute Gasteiger partial charge is 0.223 e. The minimum atomic E-state index is 0.125. The van der Waals surface area contributed by atoms with Gasteiger partial charge >= 0.3 is 0 Å². The minimum absolute atomic E-state index is 0.125. The molecule has 0 saturated carbocycles. The molecule has 0 N–H and O–H groups in total. The molecule has 0 bridgehead atoms. The van der Waals surface area contributed by atoms with Crippen molar-refractivity contribution in [2.24, 2.45) is 0 Å². The van der Waals surface area contributed by atoms with Crippen molar-refractivity contribution in [1.82, 2.24) is 4.90 Å². The van der Waals surface area contributed by atoms with Gasteiger partial charge in [-0.3, -0.25) is 4.79 Å². The Balaban J connectivity index is 4.00. The standard InChI is InChI=1S/C11H17NO/c1-4-7-8-11(13)12(9-5-2)10-6-3/h4-6H,1-3,7-10H2. The predicted molar refractivity (Wildman–Crippen MR) is 56.4 cm³/mol. The van der Waals surface area contributed by atoms with Gasteiger partial charge in [0.2, 0.25) is 5.91 Å². The van der Waals surface area contributed by atoms with Crippen molar-refractivity contribution in [3.63, 3.8) is 0 Å². The van der Waals surface area contributed by atoms with E-state index >= 15 is 0 Å². The molecule has 0 unspecified atom stereocenters. The molecule has 0 saturated heterocycles. The monoisotopic (exact) mass is 179 g/mol. The van der Waals surface area contributed by atoms with Crippen LogP contribution in [0.5, 0.6) is 0 Å². The number of hydrogen-bond donors (Lipinski definition) is 0. The number of rotatable bonds is 7. The number of carbonyl (C=O) groups excluding carboxylic acids is 1. The van der Waals surface area contributed by atoms with Gasteiger partial charge < -0.3 is 4.90 Å². The molecule has 0 aliphatic carbocycles. The van der Waals surface area contributed by atoms with Crippen molar-refractivity contribution in [2.45, 2.75) is 12.8 Å². The van der Waals surface area contributed by atoms with Gasteiger partial charge in [-0.25, -0.2) is 0 Å². The zero-order chi connectivity index (χ0) is 10.1. The highest BCUT2D eigenvalue weighted by atomic mass is 16.2. The summed E-state index contributed by atoms with van der Waals surface area (Å²) in [6.45, 7) is 11.9. The van der Waals surface area contributed by atoms with E-state index in [4.69, 9.17) is 0 Å². The van der Waals surface area contributed by atoms with Crippen LogP contribution in [0.4, 0.5) is 0 Å². The van der Waals surface area contributed by atoms with E-state index in [9.17, 15) is 4.79 Å². The van der Waals surface area contributed by atoms with Gasteiger partial charge in [-0.1, -0.05) is 18.2 Å². The first-order valence-corrected chi connectivity index (χ1v) is 4.36. The molecule has 0 fully saturated rings. The molecule has 0 aliphatic heterocycles. The Hall–Kier alpha value is -1.31. The lowest BCUT2D eigenvalue weighted by Crippen LogP contribution is -2.30. The van der Waals surface area contributed by atoms with E-state index in [1.54, 1.807) is 23.1 Å². The van der Waals surface area contributed by atoms with Crippen LogP contribution in [0.15, 0.2) is 38.0 Å². The zero-order valence-corrected chi connectivity index (χ0v) is 8.04. The van der Waals surface area contributed by atoms with E-state index in [0.29, 0.717) is 19.5 Å². The third-order valence-corrected chi connectivity index (χ3v) is 1.61. The molecule has 0 radical (unpaired) electrons. The quantitative estimate of drug-likeness (QED) is 0.548. The summed E-state index contributed by atoms with van der Waals surface area (Å²) in [5, 5.41) is 0. The normalized spacial score (nSPS) is 8.92. The highest BCUT2D eigenvalue weighted by Crippen LogP contribution is 1.98. The van der Waals surface area contributed by atoms with Crippen LogP contribution in [0.1, 0.15) is 12.8 Å². The van der Waals surface area contributed by atoms with Crippen molar-refractivity contribution >= 4 is 5.91 Å². The van der Waals surface area contributed by atoms with E-state index in [1.165, 1.54) is 0 Å². The number of carbonyl (C=O) groups is 1. The van der Waals surface area contributed by atoms with Gasteiger partial charge in [-0.15, -0.1) is 19.7 Å². The van der Waals surface area contributed by atoms with Gasteiger partial charge in [0.05, 0.1) is 0 Å². The lowest BCUT2D eigenvalue weighted by molar-refractivity contribution is -0.130. The van der Waals surface area contributed by atoms with E-state index in [0.717, 1.165) is 6.42 Å². The lowest BCUT2D eigenvalue weighted by atomic mass is 10.2. The predicted octanol–water partition coefficient (Wildman–Crippen LogP) is 2.15. The molecule has 72 valence electrons. The van der Waals surface area contributed by atoms with Crippen LogP contribution in [-0.4, -0.2) is 23.9 Å². The summed E-state index contributed by atoms with van der Waals surface area (Å²) in [5.74, 6) is 0.125. The van der Waals surface area contributed by atoms with Gasteiger partial charge in [0, 0.05) is 19.5 Å². The molecule has 13 heavy (non-hydrogen) atoms. The molecule has 0 aliphatic rings. The Kier molecular flexibility index (Phi) is 6.60. The molecule has 0 aromatic heterocycles. The Morgan fingerprint density at radius 1 is 1.08 bits per heavy atom.